The van der Waals surface area contributed by atoms with Crippen LogP contribution in [0, 0.1) is 11.8 Å². The fourth-order valence-corrected chi connectivity index (χ4v) is 4.61. The second kappa shape index (κ2) is 8.50. The van der Waals surface area contributed by atoms with Crippen molar-refractivity contribution < 1.29 is 9.59 Å². The van der Waals surface area contributed by atoms with Crippen molar-refractivity contribution in [3.63, 3.8) is 0 Å². The second-order valence-electron chi connectivity index (χ2n) is 9.30. The van der Waals surface area contributed by atoms with E-state index < -0.39 is 0 Å². The number of anilines is 2. The standard InChI is InChI=1S/C25H30N6O2/c1-4-26-24(32)19-12-18-22(29-19)27-13-28-23(18)30-21(14(2)3)17-7-8-20-16(11-17)9-10-31(20)25(33)15-5-6-15/h7-8,11-15,21H,4-6,9-10H2,1-3H3,(H,26,32)(H2,27,28,29,30)/t21-/m1/s1. The van der Waals surface area contributed by atoms with Gasteiger partial charge in [0.25, 0.3) is 5.91 Å². The van der Waals surface area contributed by atoms with Crippen molar-refractivity contribution >= 4 is 34.4 Å². The lowest BCUT2D eigenvalue weighted by atomic mass is 9.94. The van der Waals surface area contributed by atoms with Crippen LogP contribution in [0.3, 0.4) is 0 Å². The van der Waals surface area contributed by atoms with E-state index in [0.29, 0.717) is 29.6 Å². The van der Waals surface area contributed by atoms with E-state index in [-0.39, 0.29) is 23.8 Å². The van der Waals surface area contributed by atoms with Crippen molar-refractivity contribution in [3.8, 4) is 0 Å². The van der Waals surface area contributed by atoms with E-state index in [1.165, 1.54) is 11.9 Å². The van der Waals surface area contributed by atoms with Gasteiger partial charge in [-0.2, -0.15) is 0 Å². The zero-order chi connectivity index (χ0) is 23.1. The molecule has 5 rings (SSSR count). The Morgan fingerprint density at radius 2 is 2.03 bits per heavy atom. The zero-order valence-electron chi connectivity index (χ0n) is 19.3. The van der Waals surface area contributed by atoms with Gasteiger partial charge in [-0.3, -0.25) is 9.59 Å². The Kier molecular flexibility index (Phi) is 5.52. The minimum absolute atomic E-state index is 0.0180. The van der Waals surface area contributed by atoms with Crippen LogP contribution in [0.15, 0.2) is 30.6 Å². The molecule has 2 aliphatic rings. The van der Waals surface area contributed by atoms with Gasteiger partial charge in [-0.15, -0.1) is 0 Å². The number of nitrogens with zero attached hydrogens (tertiary/aromatic N) is 3. The summed E-state index contributed by atoms with van der Waals surface area (Å²) in [6, 6.07) is 8.25. The van der Waals surface area contributed by atoms with Gasteiger partial charge in [-0.1, -0.05) is 26.0 Å². The number of benzene rings is 1. The smallest absolute Gasteiger partial charge is 0.267 e. The minimum Gasteiger partial charge on any atom is -0.362 e. The average molecular weight is 447 g/mol. The molecular weight excluding hydrogens is 416 g/mol. The molecule has 1 atom stereocenters. The Labute approximate surface area is 193 Å². The number of aromatic amines is 1. The van der Waals surface area contributed by atoms with E-state index in [9.17, 15) is 9.59 Å². The summed E-state index contributed by atoms with van der Waals surface area (Å²) in [5.41, 5.74) is 4.53. The van der Waals surface area contributed by atoms with Gasteiger partial charge < -0.3 is 20.5 Å². The van der Waals surface area contributed by atoms with Crippen molar-refractivity contribution in [3.05, 3.63) is 47.4 Å². The highest BCUT2D eigenvalue weighted by molar-refractivity contribution is 6.00. The number of hydrogen-bond acceptors (Lipinski definition) is 5. The molecule has 2 amide bonds. The molecule has 1 aliphatic heterocycles. The number of hydrogen-bond donors (Lipinski definition) is 3. The van der Waals surface area contributed by atoms with E-state index in [2.05, 4.69) is 57.6 Å². The maximum atomic E-state index is 12.6. The van der Waals surface area contributed by atoms with Crippen LogP contribution in [0.4, 0.5) is 11.5 Å². The summed E-state index contributed by atoms with van der Waals surface area (Å²) >= 11 is 0. The monoisotopic (exact) mass is 446 g/mol. The highest BCUT2D eigenvalue weighted by Crippen LogP contribution is 2.38. The SMILES string of the molecule is CCNC(=O)c1cc2c(N[C@@H](c3ccc4c(c3)CCN4C(=O)C3CC3)C(C)C)ncnc2[nH]1. The van der Waals surface area contributed by atoms with E-state index in [1.807, 2.05) is 11.8 Å². The fraction of sp³-hybridized carbons (Fsp3) is 0.440. The number of H-pyrrole nitrogens is 1. The molecule has 0 unspecified atom stereocenters. The molecule has 0 spiro atoms. The number of fused-ring (bicyclic) bond motifs is 2. The lowest BCUT2D eigenvalue weighted by molar-refractivity contribution is -0.119. The molecule has 172 valence electrons. The maximum Gasteiger partial charge on any atom is 0.267 e. The summed E-state index contributed by atoms with van der Waals surface area (Å²) in [6.07, 6.45) is 4.44. The van der Waals surface area contributed by atoms with Crippen LogP contribution in [0.2, 0.25) is 0 Å². The fourth-order valence-electron chi connectivity index (χ4n) is 4.61. The maximum absolute atomic E-state index is 12.6. The van der Waals surface area contributed by atoms with E-state index in [1.54, 1.807) is 6.07 Å². The minimum atomic E-state index is -0.161. The Balaban J connectivity index is 1.43. The van der Waals surface area contributed by atoms with Crippen LogP contribution < -0.4 is 15.5 Å². The number of amides is 2. The van der Waals surface area contributed by atoms with Crippen LogP contribution in [0.5, 0.6) is 0 Å². The van der Waals surface area contributed by atoms with Crippen LogP contribution in [0.25, 0.3) is 11.0 Å². The summed E-state index contributed by atoms with van der Waals surface area (Å²) in [4.78, 5) is 38.7. The topological polar surface area (TPSA) is 103 Å². The largest absolute Gasteiger partial charge is 0.362 e. The third-order valence-electron chi connectivity index (χ3n) is 6.52. The number of aromatic nitrogens is 3. The third-order valence-corrected chi connectivity index (χ3v) is 6.52. The predicted molar refractivity (Wildman–Crippen MR) is 128 cm³/mol. The van der Waals surface area contributed by atoms with Crippen molar-refractivity contribution in [2.75, 3.05) is 23.3 Å². The number of rotatable bonds is 7. The van der Waals surface area contributed by atoms with Crippen molar-refractivity contribution in [2.24, 2.45) is 11.8 Å². The number of carbonyl (C=O) groups excluding carboxylic acids is 2. The lowest BCUT2D eigenvalue weighted by Gasteiger charge is -2.25. The third kappa shape index (κ3) is 4.05. The Morgan fingerprint density at radius 1 is 1.21 bits per heavy atom. The van der Waals surface area contributed by atoms with E-state index in [0.717, 1.165) is 42.4 Å². The van der Waals surface area contributed by atoms with Gasteiger partial charge in [0.1, 0.15) is 23.5 Å². The summed E-state index contributed by atoms with van der Waals surface area (Å²) in [5, 5.41) is 7.18. The average Bonchev–Trinajstić information content (AvgIpc) is 3.41. The van der Waals surface area contributed by atoms with Crippen LogP contribution in [0.1, 0.15) is 61.3 Å². The lowest BCUT2D eigenvalue weighted by Crippen LogP contribution is -2.30. The van der Waals surface area contributed by atoms with Gasteiger partial charge in [-0.25, -0.2) is 9.97 Å². The molecule has 0 saturated heterocycles. The molecule has 3 aromatic rings. The molecular formula is C25H30N6O2. The molecule has 0 radical (unpaired) electrons. The first-order valence-corrected chi connectivity index (χ1v) is 11.8. The van der Waals surface area contributed by atoms with Gasteiger partial charge in [-0.05, 0) is 55.4 Å². The molecule has 0 bridgehead atoms. The molecule has 3 N–H and O–H groups in total. The van der Waals surface area contributed by atoms with Crippen LogP contribution >= 0.6 is 0 Å². The predicted octanol–water partition coefficient (Wildman–Crippen LogP) is 3.82. The molecule has 1 fully saturated rings. The molecule has 1 saturated carbocycles. The van der Waals surface area contributed by atoms with Gasteiger partial charge in [0.05, 0.1) is 11.4 Å². The van der Waals surface area contributed by atoms with Gasteiger partial charge in [0.15, 0.2) is 0 Å². The van der Waals surface area contributed by atoms with Crippen molar-refractivity contribution in [1.82, 2.24) is 20.3 Å². The van der Waals surface area contributed by atoms with Crippen LogP contribution in [-0.4, -0.2) is 39.9 Å². The molecule has 2 aromatic heterocycles. The Bertz CT molecular complexity index is 1210. The van der Waals surface area contributed by atoms with E-state index in [4.69, 9.17) is 0 Å². The molecule has 8 heteroatoms. The van der Waals surface area contributed by atoms with E-state index >= 15 is 0 Å². The summed E-state index contributed by atoms with van der Waals surface area (Å²) < 4.78 is 0. The first kappa shape index (κ1) is 21.4. The number of nitrogens with one attached hydrogen (secondary N) is 3. The van der Waals surface area contributed by atoms with Gasteiger partial charge in [0, 0.05) is 24.7 Å². The Hall–Kier alpha value is -3.42. The summed E-state index contributed by atoms with van der Waals surface area (Å²) in [5.74, 6) is 1.33. The highest BCUT2D eigenvalue weighted by atomic mass is 16.2. The second-order valence-corrected chi connectivity index (χ2v) is 9.30. The highest BCUT2D eigenvalue weighted by Gasteiger charge is 2.36. The molecule has 1 aliphatic carbocycles. The van der Waals surface area contributed by atoms with Crippen molar-refractivity contribution in [2.45, 2.75) is 46.1 Å². The van der Waals surface area contributed by atoms with Gasteiger partial charge in [0.2, 0.25) is 5.91 Å². The molecule has 8 nitrogen and oxygen atoms in total. The summed E-state index contributed by atoms with van der Waals surface area (Å²) in [6.45, 7) is 7.56. The summed E-state index contributed by atoms with van der Waals surface area (Å²) in [7, 11) is 0. The zero-order valence-corrected chi connectivity index (χ0v) is 19.3. The first-order valence-electron chi connectivity index (χ1n) is 11.8. The Morgan fingerprint density at radius 3 is 2.76 bits per heavy atom. The molecule has 33 heavy (non-hydrogen) atoms. The van der Waals surface area contributed by atoms with Crippen LogP contribution in [-0.2, 0) is 11.2 Å². The quantitative estimate of drug-likeness (QED) is 0.512. The van der Waals surface area contributed by atoms with Gasteiger partial charge >= 0.3 is 0 Å². The number of carbonyl (C=O) groups is 2. The molecule has 3 heterocycles. The van der Waals surface area contributed by atoms with Crippen molar-refractivity contribution in [1.29, 1.82) is 0 Å². The molecule has 1 aromatic carbocycles. The normalized spacial score (nSPS) is 16.2. The first-order chi connectivity index (χ1) is 16.0.